The highest BCUT2D eigenvalue weighted by Gasteiger charge is 2.26. The van der Waals surface area contributed by atoms with Crippen LogP contribution in [0, 0.1) is 0 Å². The molecule has 0 spiro atoms. The average Bonchev–Trinajstić information content (AvgIpc) is 1.66. The molecule has 0 aliphatic heterocycles. The van der Waals surface area contributed by atoms with Crippen LogP contribution in [0.2, 0.25) is 0 Å². The molecule has 6 heteroatoms. The third-order valence-corrected chi connectivity index (χ3v) is 26.1. The number of anilines is 6. The molecule has 0 atom stereocenters. The van der Waals surface area contributed by atoms with E-state index >= 15 is 0 Å². The SMILES string of the molecule is c1ccc(N(c2ccc(-c3ccc4c(c3)c3ccccc3n4-c3ccccc3)c3ccccc23)c2ccc(-c3ccc4c5ccccc5n(-c5cccc(-c6cccc(N(c7ccc(-c8ccc9c(c8)c8ccccc8n9-c8ccccc8)cc7)c7ccc(-c8ccc9c%10ccccc%10n(-c%10ccccc%10)c9c8)c8ccccc78)c6)c5)c4c3)c3ccccc23)cc1. The van der Waals surface area contributed by atoms with Crippen LogP contribution in [0.1, 0.15) is 0 Å². The Bertz CT molecular complexity index is 8650. The molecule has 0 saturated carbocycles. The number of aromatic nitrogens is 4. The van der Waals surface area contributed by atoms with Crippen LogP contribution < -0.4 is 9.80 Å². The van der Waals surface area contributed by atoms with E-state index in [0.29, 0.717) is 0 Å². The van der Waals surface area contributed by atoms with Gasteiger partial charge in [0.2, 0.25) is 0 Å². The first-order valence-corrected chi connectivity index (χ1v) is 43.4. The number of benzene rings is 21. The second kappa shape index (κ2) is 29.5. The zero-order chi connectivity index (χ0) is 82.9. The van der Waals surface area contributed by atoms with Crippen molar-refractivity contribution in [3.63, 3.8) is 0 Å². The Morgan fingerprint density at radius 2 is 0.413 bits per heavy atom. The average molecular weight is 1600 g/mol. The van der Waals surface area contributed by atoms with Crippen molar-refractivity contribution < 1.29 is 0 Å². The number of hydrogen-bond donors (Lipinski definition) is 0. The monoisotopic (exact) mass is 1600 g/mol. The van der Waals surface area contributed by atoms with Crippen molar-refractivity contribution in [1.82, 2.24) is 18.3 Å². The van der Waals surface area contributed by atoms with E-state index in [1.807, 2.05) is 0 Å². The van der Waals surface area contributed by atoms with Crippen molar-refractivity contribution >= 4 is 154 Å². The standard InChI is InChI=1S/C120H78N6/c1-5-31-86(32-6-1)122-112-53-25-21-49-104(112)108-75-82(59-68-117(108)122)79-55-61-90(62-56-79)121(114-70-65-94(97-42-13-16-44-99(97)114)84-57-63-106-102-47-19-23-51-110(102)125(119(106)77-84)89-37-11-4-12-38-89)91-39-27-29-80(73-91)81-30-28-40-92(74-81)126-111-52-24-20-48-103(111)107-64-58-85(78-120(107)126)95-67-72-116(101-46-18-15-43-98(95)101)124(88-35-9-3-10-36-88)115-71-66-93(96-41-14-17-45-100(96)115)83-60-69-118-109(76-83)105-50-22-26-54-113(105)123(118)87-33-7-2-8-34-87/h1-78H. The first kappa shape index (κ1) is 72.1. The molecule has 4 aromatic heterocycles. The third kappa shape index (κ3) is 11.7. The first-order chi connectivity index (χ1) is 62.5. The minimum atomic E-state index is 1.04. The van der Waals surface area contributed by atoms with Gasteiger partial charge in [0.05, 0.1) is 61.2 Å². The molecule has 0 aliphatic rings. The minimum Gasteiger partial charge on any atom is -0.310 e. The maximum Gasteiger partial charge on any atom is 0.0547 e. The molecular formula is C120H78N6. The van der Waals surface area contributed by atoms with Crippen LogP contribution in [0.4, 0.5) is 34.1 Å². The van der Waals surface area contributed by atoms with Crippen LogP contribution in [0.15, 0.2) is 473 Å². The van der Waals surface area contributed by atoms with Crippen molar-refractivity contribution in [2.75, 3.05) is 9.80 Å². The molecular weight excluding hydrogens is 1530 g/mol. The Hall–Kier alpha value is -16.8. The summed E-state index contributed by atoms with van der Waals surface area (Å²) in [5.41, 5.74) is 31.8. The Morgan fingerprint density at radius 3 is 0.873 bits per heavy atom. The van der Waals surface area contributed by atoms with Gasteiger partial charge in [0.15, 0.2) is 0 Å². The summed E-state index contributed by atoms with van der Waals surface area (Å²) in [6.07, 6.45) is 0. The van der Waals surface area contributed by atoms with Gasteiger partial charge in [-0.2, -0.15) is 0 Å². The van der Waals surface area contributed by atoms with Gasteiger partial charge in [-0.1, -0.05) is 309 Å². The lowest BCUT2D eigenvalue weighted by atomic mass is 9.94. The zero-order valence-electron chi connectivity index (χ0n) is 68.7. The summed E-state index contributed by atoms with van der Waals surface area (Å²) in [5.74, 6) is 0. The van der Waals surface area contributed by atoms with Crippen molar-refractivity contribution in [2.45, 2.75) is 0 Å². The van der Waals surface area contributed by atoms with Crippen molar-refractivity contribution in [3.05, 3.63) is 473 Å². The van der Waals surface area contributed by atoms with Crippen LogP contribution in [-0.2, 0) is 0 Å². The van der Waals surface area contributed by atoms with Gasteiger partial charge in [-0.05, 0) is 236 Å². The fraction of sp³-hybridized carbons (Fsp3) is 0. The van der Waals surface area contributed by atoms with E-state index in [-0.39, 0.29) is 0 Å². The quantitative estimate of drug-likeness (QED) is 0.102. The number of para-hydroxylation sites is 8. The van der Waals surface area contributed by atoms with Crippen LogP contribution in [0.25, 0.3) is 198 Å². The molecule has 0 amide bonds. The molecule has 21 aromatic carbocycles. The maximum atomic E-state index is 2.48. The molecule has 0 fully saturated rings. The van der Waals surface area contributed by atoms with E-state index in [1.54, 1.807) is 0 Å². The van der Waals surface area contributed by atoms with Crippen LogP contribution in [0.5, 0.6) is 0 Å². The largest absolute Gasteiger partial charge is 0.310 e. The smallest absolute Gasteiger partial charge is 0.0547 e. The summed E-state index contributed by atoms with van der Waals surface area (Å²) in [6, 6.07) is 175. The van der Waals surface area contributed by atoms with E-state index < -0.39 is 0 Å². The zero-order valence-corrected chi connectivity index (χ0v) is 68.7. The lowest BCUT2D eigenvalue weighted by molar-refractivity contribution is 1.18. The molecule has 0 saturated heterocycles. The normalized spacial score (nSPS) is 11.8. The molecule has 25 aromatic rings. The van der Waals surface area contributed by atoms with Crippen LogP contribution in [-0.4, -0.2) is 18.3 Å². The van der Waals surface area contributed by atoms with Crippen LogP contribution in [0.3, 0.4) is 0 Å². The highest BCUT2D eigenvalue weighted by molar-refractivity contribution is 6.18. The Labute approximate surface area is 728 Å². The lowest BCUT2D eigenvalue weighted by Crippen LogP contribution is -2.11. The first-order valence-electron chi connectivity index (χ1n) is 43.4. The van der Waals surface area contributed by atoms with Gasteiger partial charge in [-0.15, -0.1) is 0 Å². The van der Waals surface area contributed by atoms with Gasteiger partial charge in [0.25, 0.3) is 0 Å². The van der Waals surface area contributed by atoms with Crippen molar-refractivity contribution in [3.8, 4) is 78.4 Å². The number of hydrogen-bond acceptors (Lipinski definition) is 2. The van der Waals surface area contributed by atoms with E-state index in [9.17, 15) is 0 Å². The van der Waals surface area contributed by atoms with Crippen LogP contribution >= 0.6 is 0 Å². The Kier molecular flexibility index (Phi) is 16.9. The van der Waals surface area contributed by atoms with Crippen molar-refractivity contribution in [2.24, 2.45) is 0 Å². The van der Waals surface area contributed by atoms with E-state index in [1.165, 1.54) is 109 Å². The van der Waals surface area contributed by atoms with Crippen molar-refractivity contribution in [1.29, 1.82) is 0 Å². The number of nitrogens with zero attached hydrogens (tertiary/aromatic N) is 6. The Morgan fingerprint density at radius 1 is 0.127 bits per heavy atom. The highest BCUT2D eigenvalue weighted by atomic mass is 15.2. The Balaban J connectivity index is 0.596. The summed E-state index contributed by atoms with van der Waals surface area (Å²) >= 11 is 0. The summed E-state index contributed by atoms with van der Waals surface area (Å²) in [5, 5.41) is 16.8. The fourth-order valence-electron chi connectivity index (χ4n) is 20.5. The molecule has 0 radical (unpaired) electrons. The second-order valence-corrected chi connectivity index (χ2v) is 33.0. The fourth-order valence-corrected chi connectivity index (χ4v) is 20.5. The van der Waals surface area contributed by atoms with E-state index in [0.717, 1.165) is 123 Å². The van der Waals surface area contributed by atoms with E-state index in [4.69, 9.17) is 0 Å². The predicted molar refractivity (Wildman–Crippen MR) is 533 cm³/mol. The van der Waals surface area contributed by atoms with Gasteiger partial charge >= 0.3 is 0 Å². The topological polar surface area (TPSA) is 26.2 Å². The number of rotatable bonds is 15. The summed E-state index contributed by atoms with van der Waals surface area (Å²) in [6.45, 7) is 0. The molecule has 25 rings (SSSR count). The van der Waals surface area contributed by atoms with Gasteiger partial charge in [-0.3, -0.25) is 0 Å². The minimum absolute atomic E-state index is 1.04. The number of fused-ring (bicyclic) bond motifs is 15. The lowest BCUT2D eigenvalue weighted by Gasteiger charge is -2.29. The highest BCUT2D eigenvalue weighted by Crippen LogP contribution is 2.50. The van der Waals surface area contributed by atoms with Gasteiger partial charge in [0, 0.05) is 99.1 Å². The van der Waals surface area contributed by atoms with E-state index in [2.05, 4.69) is 501 Å². The van der Waals surface area contributed by atoms with Gasteiger partial charge in [-0.25, -0.2) is 0 Å². The molecule has 0 bridgehead atoms. The summed E-state index contributed by atoms with van der Waals surface area (Å²) in [7, 11) is 0. The van der Waals surface area contributed by atoms with Gasteiger partial charge < -0.3 is 28.1 Å². The molecule has 588 valence electrons. The molecule has 0 aliphatic carbocycles. The molecule has 0 N–H and O–H groups in total. The summed E-state index contributed by atoms with van der Waals surface area (Å²) in [4.78, 5) is 4.94. The molecule has 0 unspecified atom stereocenters. The second-order valence-electron chi connectivity index (χ2n) is 33.0. The summed E-state index contributed by atoms with van der Waals surface area (Å²) < 4.78 is 9.67. The predicted octanol–water partition coefficient (Wildman–Crippen LogP) is 32.8. The maximum absolute atomic E-state index is 2.48. The molecule has 6 nitrogen and oxygen atoms in total. The third-order valence-electron chi connectivity index (χ3n) is 26.1. The molecule has 4 heterocycles. The molecule has 126 heavy (non-hydrogen) atoms. The van der Waals surface area contributed by atoms with Gasteiger partial charge in [0.1, 0.15) is 0 Å².